The van der Waals surface area contributed by atoms with E-state index in [1.54, 1.807) is 41.8 Å². The van der Waals surface area contributed by atoms with Gasteiger partial charge in [-0.15, -0.1) is 0 Å². The second-order valence-electron chi connectivity index (χ2n) is 16.7. The van der Waals surface area contributed by atoms with Gasteiger partial charge in [-0.1, -0.05) is 20.8 Å². The molecule has 0 spiro atoms. The lowest BCUT2D eigenvalue weighted by molar-refractivity contribution is -0.318. The van der Waals surface area contributed by atoms with Gasteiger partial charge in [0.15, 0.2) is 24.0 Å². The van der Waals surface area contributed by atoms with Crippen molar-refractivity contribution in [1.82, 2.24) is 4.90 Å². The fraction of sp³-hybridized carbons (Fsp3) is 0.946. The number of hydrogen-bond donors (Lipinski definition) is 5. The largest absolute Gasteiger partial charge is 0.459 e. The summed E-state index contributed by atoms with van der Waals surface area (Å²) < 4.78 is 53.4. The average molecular weight is 752 g/mol. The summed E-state index contributed by atoms with van der Waals surface area (Å²) >= 11 is 0. The number of nitrogens with zero attached hydrogens (tertiary/aromatic N) is 1. The van der Waals surface area contributed by atoms with E-state index in [0.29, 0.717) is 6.42 Å². The van der Waals surface area contributed by atoms with Crippen molar-refractivity contribution in [3.63, 3.8) is 0 Å². The van der Waals surface area contributed by atoms with E-state index in [1.807, 2.05) is 11.8 Å². The smallest absolute Gasteiger partial charge is 0.311 e. The molecule has 3 aliphatic rings. The van der Waals surface area contributed by atoms with Gasteiger partial charge in [0.05, 0.1) is 47.6 Å². The van der Waals surface area contributed by atoms with Gasteiger partial charge in [-0.05, 0) is 75.4 Å². The predicted octanol–water partition coefficient (Wildman–Crippen LogP) is 1.88. The number of aliphatic hydroxyl groups excluding tert-OH is 3. The van der Waals surface area contributed by atoms with Gasteiger partial charge in [-0.3, -0.25) is 9.59 Å². The third-order valence-corrected chi connectivity index (χ3v) is 11.8. The minimum atomic E-state index is -2.77. The van der Waals surface area contributed by atoms with Crippen LogP contribution in [0.4, 0.5) is 4.39 Å². The third kappa shape index (κ3) is 9.35. The van der Waals surface area contributed by atoms with Crippen LogP contribution in [0.15, 0.2) is 0 Å². The van der Waals surface area contributed by atoms with E-state index < -0.39 is 120 Å². The molecule has 5 N–H and O–H groups in total. The zero-order valence-electron chi connectivity index (χ0n) is 33.2. The van der Waals surface area contributed by atoms with Crippen LogP contribution in [0.2, 0.25) is 0 Å². The summed E-state index contributed by atoms with van der Waals surface area (Å²) in [5.74, 6) is -5.61. The number of carbonyl (C=O) groups is 2. The first-order valence-electron chi connectivity index (χ1n) is 18.5. The number of hydrogen-bond acceptors (Lipinski definition) is 14. The minimum Gasteiger partial charge on any atom is -0.459 e. The molecular formula is C37H66FNO13. The number of likely N-dealkylation sites (N-methyl/N-ethyl adjacent to an activating group) is 1. The SMILES string of the molecule is CCC1OC(=O)C(C)C(OC2CC(C)(OC)C(O)C(C)O2)C(C)C(OC2OC(C)CC(N(C)C)C2O)C(C)(O)CC(C)(F)C(=O)C(C)C(O)C1(C)O. The molecule has 0 aromatic carbocycles. The van der Waals surface area contributed by atoms with Crippen molar-refractivity contribution in [3.05, 3.63) is 0 Å². The summed E-state index contributed by atoms with van der Waals surface area (Å²) in [7, 11) is 5.04. The van der Waals surface area contributed by atoms with E-state index in [2.05, 4.69) is 0 Å². The molecule has 18 atom stereocenters. The fourth-order valence-corrected chi connectivity index (χ4v) is 8.45. The molecule has 52 heavy (non-hydrogen) atoms. The Morgan fingerprint density at radius 3 is 2.06 bits per heavy atom. The summed E-state index contributed by atoms with van der Waals surface area (Å²) in [6, 6.07) is -0.405. The predicted molar refractivity (Wildman–Crippen MR) is 187 cm³/mol. The number of Topliss-reactive ketones (excluding diaryl/α,β-unsaturated/α-hetero) is 1. The van der Waals surface area contributed by atoms with Crippen molar-refractivity contribution in [1.29, 1.82) is 0 Å². The van der Waals surface area contributed by atoms with Gasteiger partial charge >= 0.3 is 5.97 Å². The summed E-state index contributed by atoms with van der Waals surface area (Å²) in [6.45, 7) is 14.7. The van der Waals surface area contributed by atoms with E-state index >= 15 is 4.39 Å². The Bertz CT molecular complexity index is 1220. The number of carbonyl (C=O) groups excluding carboxylic acids is 2. The first-order valence-corrected chi connectivity index (χ1v) is 18.5. The van der Waals surface area contributed by atoms with E-state index in [0.717, 1.165) is 6.92 Å². The van der Waals surface area contributed by atoms with Gasteiger partial charge in [0, 0.05) is 37.8 Å². The first kappa shape index (κ1) is 45.0. The first-order chi connectivity index (χ1) is 23.7. The Balaban J connectivity index is 2.22. The molecule has 14 nitrogen and oxygen atoms in total. The Labute approximate surface area is 308 Å². The molecule has 3 heterocycles. The van der Waals surface area contributed by atoms with Gasteiger partial charge < -0.3 is 58.9 Å². The van der Waals surface area contributed by atoms with Gasteiger partial charge in [-0.2, -0.15) is 0 Å². The number of alkyl halides is 1. The third-order valence-electron chi connectivity index (χ3n) is 11.8. The molecule has 0 aromatic rings. The lowest BCUT2D eigenvalue weighted by Gasteiger charge is -2.49. The van der Waals surface area contributed by atoms with Crippen LogP contribution < -0.4 is 0 Å². The van der Waals surface area contributed by atoms with Gasteiger partial charge in [0.2, 0.25) is 0 Å². The van der Waals surface area contributed by atoms with Crippen LogP contribution in [0.1, 0.15) is 94.9 Å². The molecule has 0 bridgehead atoms. The van der Waals surface area contributed by atoms with Gasteiger partial charge in [0.1, 0.15) is 23.9 Å². The van der Waals surface area contributed by atoms with Crippen LogP contribution in [0.3, 0.4) is 0 Å². The lowest BCUT2D eigenvalue weighted by atomic mass is 9.73. The molecule has 3 rings (SSSR count). The zero-order valence-corrected chi connectivity index (χ0v) is 33.2. The normalized spacial score (nSPS) is 50.5. The molecule has 3 fully saturated rings. The molecule has 15 heteroatoms. The minimum absolute atomic E-state index is 0.0296. The molecule has 304 valence electrons. The van der Waals surface area contributed by atoms with Crippen LogP contribution in [0.5, 0.6) is 0 Å². The summed E-state index contributed by atoms with van der Waals surface area (Å²) in [5.41, 5.74) is -8.26. The number of cyclic esters (lactones) is 1. The van der Waals surface area contributed by atoms with Crippen molar-refractivity contribution in [2.75, 3.05) is 21.2 Å². The van der Waals surface area contributed by atoms with E-state index in [9.17, 15) is 35.1 Å². The second-order valence-corrected chi connectivity index (χ2v) is 16.7. The molecule has 0 amide bonds. The molecule has 0 aliphatic carbocycles. The molecule has 3 aliphatic heterocycles. The summed E-state index contributed by atoms with van der Waals surface area (Å²) in [4.78, 5) is 29.6. The zero-order chi connectivity index (χ0) is 39.9. The van der Waals surface area contributed by atoms with Crippen LogP contribution in [-0.2, 0) is 38.0 Å². The maximum absolute atomic E-state index is 16.8. The van der Waals surface area contributed by atoms with E-state index in [-0.39, 0.29) is 18.9 Å². The highest BCUT2D eigenvalue weighted by molar-refractivity contribution is 5.89. The van der Waals surface area contributed by atoms with E-state index in [1.165, 1.54) is 34.8 Å². The van der Waals surface area contributed by atoms with Crippen LogP contribution in [-0.4, -0.2) is 153 Å². The number of methoxy groups -OCH3 is 1. The monoisotopic (exact) mass is 751 g/mol. The molecule has 3 saturated heterocycles. The molecule has 0 radical (unpaired) electrons. The number of rotatable bonds is 7. The van der Waals surface area contributed by atoms with Gasteiger partial charge in [0.25, 0.3) is 0 Å². The highest BCUT2D eigenvalue weighted by Gasteiger charge is 2.56. The highest BCUT2D eigenvalue weighted by atomic mass is 19.1. The van der Waals surface area contributed by atoms with Crippen molar-refractivity contribution in [2.45, 2.75) is 185 Å². The number of ether oxygens (including phenoxy) is 6. The lowest BCUT2D eigenvalue weighted by Crippen LogP contribution is -2.62. The standard InChI is InChI=1S/C37H66FNO13/c1-14-24-37(10,46)29(42)21(5)28(41)34(7,38)17-35(8,45)31(52-33-26(40)23(39(11)12)15-18(2)48-33)19(3)27(20(4)32(44)50-24)51-25-16-36(9,47-13)30(43)22(6)49-25/h18-27,29-31,33,40,42-43,45-46H,14-17H2,1-13H3. The maximum Gasteiger partial charge on any atom is 0.311 e. The quantitative estimate of drug-likeness (QED) is 0.237. The fourth-order valence-electron chi connectivity index (χ4n) is 8.45. The highest BCUT2D eigenvalue weighted by Crippen LogP contribution is 2.42. The van der Waals surface area contributed by atoms with E-state index in [4.69, 9.17) is 28.4 Å². The van der Waals surface area contributed by atoms with Crippen molar-refractivity contribution >= 4 is 11.8 Å². The number of ketones is 1. The van der Waals surface area contributed by atoms with Crippen molar-refractivity contribution < 1.29 is 67.9 Å². The molecule has 18 unspecified atom stereocenters. The summed E-state index contributed by atoms with van der Waals surface area (Å²) in [5, 5.41) is 57.4. The molecule has 0 saturated carbocycles. The maximum atomic E-state index is 16.8. The van der Waals surface area contributed by atoms with Crippen LogP contribution >= 0.6 is 0 Å². The Kier molecular flexibility index (Phi) is 14.5. The molecular weight excluding hydrogens is 685 g/mol. The number of halogens is 1. The topological polar surface area (TPSA) is 194 Å². The Hall–Kier alpha value is -1.37. The van der Waals surface area contributed by atoms with Crippen molar-refractivity contribution in [2.24, 2.45) is 17.8 Å². The number of esters is 1. The summed E-state index contributed by atoms with van der Waals surface area (Å²) in [6.07, 6.45) is -11.9. The Morgan fingerprint density at radius 2 is 1.52 bits per heavy atom. The van der Waals surface area contributed by atoms with Crippen LogP contribution in [0.25, 0.3) is 0 Å². The van der Waals surface area contributed by atoms with Gasteiger partial charge in [-0.25, -0.2) is 4.39 Å². The Morgan fingerprint density at radius 1 is 0.923 bits per heavy atom. The number of aliphatic hydroxyl groups is 5. The van der Waals surface area contributed by atoms with Crippen molar-refractivity contribution in [3.8, 4) is 0 Å². The average Bonchev–Trinajstić information content (AvgIpc) is 3.05. The second kappa shape index (κ2) is 16.8. The molecule has 0 aromatic heterocycles. The van der Waals surface area contributed by atoms with Crippen LogP contribution in [0, 0.1) is 17.8 Å².